The van der Waals surface area contributed by atoms with Crippen molar-refractivity contribution in [3.8, 4) is 0 Å². The average Bonchev–Trinajstić information content (AvgIpc) is 2.49. The number of halogens is 1. The third-order valence-electron chi connectivity index (χ3n) is 3.81. The van der Waals surface area contributed by atoms with Crippen LogP contribution in [-0.2, 0) is 17.8 Å². The monoisotopic (exact) mass is 392 g/mol. The third-order valence-corrected chi connectivity index (χ3v) is 4.48. The summed E-state index contributed by atoms with van der Waals surface area (Å²) >= 11 is 2.31. The smallest absolute Gasteiger partial charge is 0.227 e. The summed E-state index contributed by atoms with van der Waals surface area (Å²) in [4.78, 5) is 13.5. The summed E-state index contributed by atoms with van der Waals surface area (Å²) in [5.41, 5.74) is 4.69. The molecule has 1 aliphatic rings. The number of anilines is 2. The van der Waals surface area contributed by atoms with Crippen molar-refractivity contribution in [1.82, 2.24) is 0 Å². The van der Waals surface area contributed by atoms with E-state index in [2.05, 4.69) is 70.4 Å². The largest absolute Gasteiger partial charge is 0.381 e. The molecule has 108 valence electrons. The summed E-state index contributed by atoms with van der Waals surface area (Å²) in [6.07, 6.45) is 1.45. The molecule has 0 saturated heterocycles. The van der Waals surface area contributed by atoms with Crippen LogP contribution < -0.4 is 10.2 Å². The van der Waals surface area contributed by atoms with Gasteiger partial charge in [-0.3, -0.25) is 4.79 Å². The summed E-state index contributed by atoms with van der Waals surface area (Å²) in [5.74, 6) is 0.201. The zero-order chi connectivity index (χ0) is 14.8. The minimum Gasteiger partial charge on any atom is -0.381 e. The van der Waals surface area contributed by atoms with Crippen molar-refractivity contribution in [2.75, 3.05) is 17.3 Å². The molecule has 3 rings (SSSR count). The van der Waals surface area contributed by atoms with Gasteiger partial charge in [0.05, 0.1) is 0 Å². The molecule has 3 nitrogen and oxygen atoms in total. The lowest BCUT2D eigenvalue weighted by atomic mass is 9.99. The minimum absolute atomic E-state index is 0.201. The van der Waals surface area contributed by atoms with Gasteiger partial charge in [-0.1, -0.05) is 18.2 Å². The van der Waals surface area contributed by atoms with Crippen molar-refractivity contribution in [3.63, 3.8) is 0 Å². The number of nitrogens with one attached hydrogen (secondary N) is 1. The van der Waals surface area contributed by atoms with Gasteiger partial charge in [0.2, 0.25) is 5.91 Å². The Kier molecular flexibility index (Phi) is 4.14. The second-order valence-electron chi connectivity index (χ2n) is 5.28. The molecule has 21 heavy (non-hydrogen) atoms. The molecule has 0 spiro atoms. The second-order valence-corrected chi connectivity index (χ2v) is 6.53. The fourth-order valence-electron chi connectivity index (χ4n) is 2.62. The van der Waals surface area contributed by atoms with Gasteiger partial charge >= 0.3 is 0 Å². The molecule has 2 aromatic carbocycles. The zero-order valence-electron chi connectivity index (χ0n) is 11.9. The van der Waals surface area contributed by atoms with Crippen molar-refractivity contribution in [1.29, 1.82) is 0 Å². The number of carbonyl (C=O) groups is 1. The first-order valence-corrected chi connectivity index (χ1v) is 8.09. The van der Waals surface area contributed by atoms with E-state index in [1.54, 1.807) is 4.90 Å². The van der Waals surface area contributed by atoms with Gasteiger partial charge in [-0.05, 0) is 64.4 Å². The van der Waals surface area contributed by atoms with Crippen LogP contribution in [0.1, 0.15) is 17.5 Å². The molecule has 0 bridgehead atoms. The van der Waals surface area contributed by atoms with E-state index in [4.69, 9.17) is 0 Å². The first kappa shape index (κ1) is 14.4. The maximum atomic E-state index is 11.7. The molecule has 0 unspecified atom stereocenters. The van der Waals surface area contributed by atoms with Gasteiger partial charge < -0.3 is 10.2 Å². The molecule has 1 aliphatic heterocycles. The van der Waals surface area contributed by atoms with Crippen LogP contribution in [0.4, 0.5) is 11.4 Å². The third kappa shape index (κ3) is 3.20. The van der Waals surface area contributed by atoms with Crippen molar-refractivity contribution in [2.24, 2.45) is 0 Å². The number of fused-ring (bicyclic) bond motifs is 1. The van der Waals surface area contributed by atoms with Crippen molar-refractivity contribution < 1.29 is 4.79 Å². The molecule has 1 N–H and O–H groups in total. The number of benzene rings is 2. The Morgan fingerprint density at radius 2 is 2.05 bits per heavy atom. The molecular weight excluding hydrogens is 375 g/mol. The molecule has 0 atom stereocenters. The number of aryl methyl sites for hydroxylation is 1. The molecule has 4 heteroatoms. The maximum absolute atomic E-state index is 11.7. The predicted octanol–water partition coefficient (Wildman–Crippen LogP) is 3.81. The lowest BCUT2D eigenvalue weighted by Crippen LogP contribution is -2.31. The van der Waals surface area contributed by atoms with Gasteiger partial charge in [0.25, 0.3) is 0 Å². The van der Waals surface area contributed by atoms with E-state index < -0.39 is 0 Å². The Morgan fingerprint density at radius 3 is 2.86 bits per heavy atom. The molecule has 0 aliphatic carbocycles. The van der Waals surface area contributed by atoms with E-state index in [9.17, 15) is 4.79 Å². The maximum Gasteiger partial charge on any atom is 0.227 e. The van der Waals surface area contributed by atoms with Crippen LogP contribution in [0.25, 0.3) is 0 Å². The van der Waals surface area contributed by atoms with Crippen LogP contribution in [0.5, 0.6) is 0 Å². The number of carbonyl (C=O) groups excluding carboxylic acids is 1. The van der Waals surface area contributed by atoms with Crippen molar-refractivity contribution in [2.45, 2.75) is 19.4 Å². The molecule has 1 amide bonds. The number of amides is 1. The van der Waals surface area contributed by atoms with E-state index in [0.29, 0.717) is 6.42 Å². The van der Waals surface area contributed by atoms with Crippen LogP contribution in [0.15, 0.2) is 42.5 Å². The predicted molar refractivity (Wildman–Crippen MR) is 94.7 cm³/mol. The standard InChI is InChI=1S/C17H17IN2O/c1-20-16-7-5-12(9-13(16)6-8-17(20)21)11-19-15-4-2-3-14(18)10-15/h2-5,7,9-10,19H,6,8,11H2,1H3. The summed E-state index contributed by atoms with van der Waals surface area (Å²) in [6.45, 7) is 0.797. The molecule has 2 aromatic rings. The Labute approximate surface area is 138 Å². The topological polar surface area (TPSA) is 32.3 Å². The summed E-state index contributed by atoms with van der Waals surface area (Å²) in [6, 6.07) is 14.7. The fraction of sp³-hybridized carbons (Fsp3) is 0.235. The van der Waals surface area contributed by atoms with E-state index >= 15 is 0 Å². The van der Waals surface area contributed by atoms with Crippen LogP contribution in [0, 0.1) is 3.57 Å². The second kappa shape index (κ2) is 6.05. The van der Waals surface area contributed by atoms with E-state index in [1.165, 1.54) is 14.7 Å². The van der Waals surface area contributed by atoms with Gasteiger partial charge in [0.15, 0.2) is 0 Å². The van der Waals surface area contributed by atoms with Crippen LogP contribution in [-0.4, -0.2) is 13.0 Å². The highest BCUT2D eigenvalue weighted by atomic mass is 127. The van der Waals surface area contributed by atoms with Crippen LogP contribution in [0.3, 0.4) is 0 Å². The number of hydrogen-bond donors (Lipinski definition) is 1. The normalized spacial score (nSPS) is 14.0. The highest BCUT2D eigenvalue weighted by Crippen LogP contribution is 2.27. The quantitative estimate of drug-likeness (QED) is 0.806. The Bertz CT molecular complexity index is 684. The van der Waals surface area contributed by atoms with E-state index in [-0.39, 0.29) is 5.91 Å². The first-order chi connectivity index (χ1) is 10.1. The molecule has 0 saturated carbocycles. The number of hydrogen-bond acceptors (Lipinski definition) is 2. The highest BCUT2D eigenvalue weighted by Gasteiger charge is 2.20. The van der Waals surface area contributed by atoms with Gasteiger partial charge in [-0.25, -0.2) is 0 Å². The van der Waals surface area contributed by atoms with Crippen LogP contribution in [0.2, 0.25) is 0 Å². The summed E-state index contributed by atoms with van der Waals surface area (Å²) < 4.78 is 1.23. The van der Waals surface area contributed by atoms with Crippen LogP contribution >= 0.6 is 22.6 Å². The molecule has 1 heterocycles. The minimum atomic E-state index is 0.201. The Hall–Kier alpha value is -1.56. The molecule has 0 radical (unpaired) electrons. The van der Waals surface area contributed by atoms with Gasteiger partial charge in [-0.15, -0.1) is 0 Å². The first-order valence-electron chi connectivity index (χ1n) is 7.01. The van der Waals surface area contributed by atoms with Gasteiger partial charge in [0, 0.05) is 35.0 Å². The SMILES string of the molecule is CN1C(=O)CCc2cc(CNc3cccc(I)c3)ccc21. The fourth-order valence-corrected chi connectivity index (χ4v) is 3.17. The van der Waals surface area contributed by atoms with Gasteiger partial charge in [-0.2, -0.15) is 0 Å². The molecule has 0 fully saturated rings. The Morgan fingerprint density at radius 1 is 1.19 bits per heavy atom. The lowest BCUT2D eigenvalue weighted by molar-refractivity contribution is -0.118. The summed E-state index contributed by atoms with van der Waals surface area (Å²) in [7, 11) is 1.85. The average molecular weight is 392 g/mol. The lowest BCUT2D eigenvalue weighted by Gasteiger charge is -2.26. The van der Waals surface area contributed by atoms with E-state index in [0.717, 1.165) is 24.3 Å². The summed E-state index contributed by atoms with van der Waals surface area (Å²) in [5, 5.41) is 3.44. The number of rotatable bonds is 3. The zero-order valence-corrected chi connectivity index (χ0v) is 14.1. The molecular formula is C17H17IN2O. The van der Waals surface area contributed by atoms with Gasteiger partial charge in [0.1, 0.15) is 0 Å². The van der Waals surface area contributed by atoms with Crippen molar-refractivity contribution >= 4 is 39.9 Å². The molecule has 0 aromatic heterocycles. The highest BCUT2D eigenvalue weighted by molar-refractivity contribution is 14.1. The Balaban J connectivity index is 1.74. The van der Waals surface area contributed by atoms with Crippen molar-refractivity contribution in [3.05, 3.63) is 57.2 Å². The van der Waals surface area contributed by atoms with E-state index in [1.807, 2.05) is 7.05 Å². The number of nitrogens with zero attached hydrogens (tertiary/aromatic N) is 1.